The van der Waals surface area contributed by atoms with Crippen LogP contribution in [0.4, 0.5) is 0 Å². The van der Waals surface area contributed by atoms with Crippen molar-refractivity contribution in [3.8, 4) is 0 Å². The summed E-state index contributed by atoms with van der Waals surface area (Å²) in [5.74, 6) is 0.0727. The number of carbonyl (C=O) groups is 4. The van der Waals surface area contributed by atoms with Crippen LogP contribution in [-0.2, 0) is 33.4 Å². The van der Waals surface area contributed by atoms with Crippen molar-refractivity contribution in [1.82, 2.24) is 0 Å². The lowest BCUT2D eigenvalue weighted by molar-refractivity contribution is -0.233. The van der Waals surface area contributed by atoms with Crippen LogP contribution in [0.3, 0.4) is 0 Å². The molecule has 0 unspecified atom stereocenters. The molecule has 5 aliphatic rings. The first-order valence-electron chi connectivity index (χ1n) is 16.2. The van der Waals surface area contributed by atoms with Crippen LogP contribution in [0, 0.1) is 50.7 Å². The number of esters is 3. The van der Waals surface area contributed by atoms with E-state index >= 15 is 0 Å². The largest absolute Gasteiger partial charge is 0.462 e. The maximum atomic E-state index is 13.8. The monoisotopic (exact) mass is 584 g/mol. The standard InChI is InChI=1S/C35H52O7/c1-20(2)28-24(38)18-35(30(39)41-19-40-21(3)36)17-16-33(8)23(29(28)35)10-11-26-32(7)14-13-27(42-22(4)37)31(5,6)25(32)12-15-34(26,33)9/h20,23,25-27H,10-19H2,1-9H3/t23-,25+,26-,27+,32+,33-,34-,35-/m1/s1. The number of ether oxygens (including phenoxy) is 3. The van der Waals surface area contributed by atoms with E-state index in [9.17, 15) is 19.2 Å². The van der Waals surface area contributed by atoms with Crippen LogP contribution in [0.1, 0.15) is 120 Å². The van der Waals surface area contributed by atoms with Crippen molar-refractivity contribution < 1.29 is 33.4 Å². The highest BCUT2D eigenvalue weighted by Crippen LogP contribution is 2.76. The lowest BCUT2D eigenvalue weighted by Crippen LogP contribution is -2.66. The van der Waals surface area contributed by atoms with Gasteiger partial charge in [-0.1, -0.05) is 48.5 Å². The molecule has 0 bridgehead atoms. The lowest BCUT2D eigenvalue weighted by Gasteiger charge is -2.72. The van der Waals surface area contributed by atoms with Crippen molar-refractivity contribution in [2.75, 3.05) is 6.79 Å². The molecule has 0 spiro atoms. The van der Waals surface area contributed by atoms with E-state index in [4.69, 9.17) is 14.2 Å². The molecule has 4 saturated carbocycles. The van der Waals surface area contributed by atoms with Crippen molar-refractivity contribution in [1.29, 1.82) is 0 Å². The number of Topliss-reactive ketones (excluding diaryl/α,β-unsaturated/α-hetero) is 1. The van der Waals surface area contributed by atoms with Crippen molar-refractivity contribution in [2.24, 2.45) is 50.7 Å². The summed E-state index contributed by atoms with van der Waals surface area (Å²) in [5.41, 5.74) is 0.904. The molecule has 42 heavy (non-hydrogen) atoms. The third kappa shape index (κ3) is 4.25. The fourth-order valence-corrected chi connectivity index (χ4v) is 11.6. The Kier molecular flexibility index (Phi) is 7.58. The average molecular weight is 585 g/mol. The molecule has 0 aromatic rings. The summed E-state index contributed by atoms with van der Waals surface area (Å²) in [6.45, 7) is 18.6. The maximum Gasteiger partial charge on any atom is 0.319 e. The third-order valence-electron chi connectivity index (χ3n) is 13.5. The maximum absolute atomic E-state index is 13.8. The van der Waals surface area contributed by atoms with E-state index in [-0.39, 0.29) is 57.8 Å². The number of allylic oxidation sites excluding steroid dienone is 1. The number of ketones is 1. The summed E-state index contributed by atoms with van der Waals surface area (Å²) >= 11 is 0. The summed E-state index contributed by atoms with van der Waals surface area (Å²) in [5, 5.41) is 0. The van der Waals surface area contributed by atoms with Crippen molar-refractivity contribution in [3.63, 3.8) is 0 Å². The molecule has 8 atom stereocenters. The summed E-state index contributed by atoms with van der Waals surface area (Å²) in [4.78, 5) is 50.8. The Balaban J connectivity index is 1.53. The highest BCUT2D eigenvalue weighted by atomic mass is 16.7. The number of hydrogen-bond donors (Lipinski definition) is 0. The Hall–Kier alpha value is -2.18. The number of hydrogen-bond acceptors (Lipinski definition) is 7. The van der Waals surface area contributed by atoms with Crippen LogP contribution in [0.2, 0.25) is 0 Å². The van der Waals surface area contributed by atoms with Crippen LogP contribution in [0.5, 0.6) is 0 Å². The van der Waals surface area contributed by atoms with Gasteiger partial charge in [0.05, 0.1) is 5.41 Å². The smallest absolute Gasteiger partial charge is 0.319 e. The SMILES string of the molecule is CC(=O)OCOC(=O)[C@@]12CC[C@]3(C)[C@H](CC[C@@H]4[C@@]5(C)CC[C@H](OC(C)=O)C(C)(C)[C@@H]5CC[C@]43C)C1=C(C(C)C)C(=O)C2. The van der Waals surface area contributed by atoms with Crippen molar-refractivity contribution in [2.45, 2.75) is 126 Å². The molecule has 234 valence electrons. The number of carbonyl (C=O) groups excluding carboxylic acids is 4. The molecule has 5 aliphatic carbocycles. The van der Waals surface area contributed by atoms with Crippen LogP contribution in [0.25, 0.3) is 0 Å². The van der Waals surface area contributed by atoms with Gasteiger partial charge in [-0.05, 0) is 102 Å². The minimum absolute atomic E-state index is 0.0223. The summed E-state index contributed by atoms with van der Waals surface area (Å²) in [6.07, 6.45) is 7.66. The first-order valence-corrected chi connectivity index (χ1v) is 16.2. The van der Waals surface area contributed by atoms with Gasteiger partial charge < -0.3 is 14.2 Å². The molecular weight excluding hydrogens is 532 g/mol. The van der Waals surface area contributed by atoms with E-state index < -0.39 is 24.1 Å². The first-order chi connectivity index (χ1) is 19.5. The molecule has 0 aromatic carbocycles. The minimum Gasteiger partial charge on any atom is -0.462 e. The van der Waals surface area contributed by atoms with Gasteiger partial charge in [-0.2, -0.15) is 0 Å². The van der Waals surface area contributed by atoms with Crippen molar-refractivity contribution >= 4 is 23.7 Å². The van der Waals surface area contributed by atoms with Gasteiger partial charge >= 0.3 is 17.9 Å². The van der Waals surface area contributed by atoms with E-state index in [0.717, 1.165) is 56.1 Å². The van der Waals surface area contributed by atoms with Crippen LogP contribution < -0.4 is 0 Å². The van der Waals surface area contributed by atoms with Gasteiger partial charge in [0, 0.05) is 25.7 Å². The normalized spacial score (nSPS) is 42.2. The summed E-state index contributed by atoms with van der Waals surface area (Å²) < 4.78 is 16.4. The van der Waals surface area contributed by atoms with E-state index in [1.807, 2.05) is 0 Å². The highest BCUT2D eigenvalue weighted by molar-refractivity contribution is 6.06. The summed E-state index contributed by atoms with van der Waals surface area (Å²) in [6, 6.07) is 0. The zero-order chi connectivity index (χ0) is 31.0. The van der Waals surface area contributed by atoms with Gasteiger partial charge in [0.25, 0.3) is 0 Å². The number of fused-ring (bicyclic) bond motifs is 7. The van der Waals surface area contributed by atoms with Crippen molar-refractivity contribution in [3.05, 3.63) is 11.1 Å². The fourth-order valence-electron chi connectivity index (χ4n) is 11.6. The molecule has 0 amide bonds. The Bertz CT molecular complexity index is 1210. The lowest BCUT2D eigenvalue weighted by atomic mass is 9.33. The van der Waals surface area contributed by atoms with E-state index in [0.29, 0.717) is 18.3 Å². The van der Waals surface area contributed by atoms with E-state index in [2.05, 4.69) is 48.5 Å². The van der Waals surface area contributed by atoms with Gasteiger partial charge in [0.2, 0.25) is 6.79 Å². The Labute approximate surface area is 251 Å². The van der Waals surface area contributed by atoms with E-state index in [1.165, 1.54) is 13.8 Å². The highest BCUT2D eigenvalue weighted by Gasteiger charge is 2.71. The topological polar surface area (TPSA) is 96.0 Å². The second-order valence-corrected chi connectivity index (χ2v) is 15.9. The molecule has 4 fully saturated rings. The minimum atomic E-state index is -0.963. The van der Waals surface area contributed by atoms with Gasteiger partial charge in [0.1, 0.15) is 6.10 Å². The fraction of sp³-hybridized carbons (Fsp3) is 0.829. The molecular formula is C35H52O7. The van der Waals surface area contributed by atoms with Gasteiger partial charge in [0.15, 0.2) is 5.78 Å². The Morgan fingerprint density at radius 1 is 0.810 bits per heavy atom. The predicted octanol–water partition coefficient (Wildman–Crippen LogP) is 6.96. The average Bonchev–Trinajstić information content (AvgIpc) is 3.19. The Morgan fingerprint density at radius 3 is 2.12 bits per heavy atom. The van der Waals surface area contributed by atoms with Crippen LogP contribution >= 0.6 is 0 Å². The molecule has 7 heteroatoms. The molecule has 0 heterocycles. The van der Waals surface area contributed by atoms with Gasteiger partial charge in [-0.3, -0.25) is 19.2 Å². The molecule has 0 aromatic heterocycles. The zero-order valence-corrected chi connectivity index (χ0v) is 27.3. The number of rotatable bonds is 5. The van der Waals surface area contributed by atoms with Crippen LogP contribution in [-0.4, -0.2) is 36.6 Å². The summed E-state index contributed by atoms with van der Waals surface area (Å²) in [7, 11) is 0. The second-order valence-electron chi connectivity index (χ2n) is 15.9. The molecule has 0 N–H and O–H groups in total. The Morgan fingerprint density at radius 2 is 1.50 bits per heavy atom. The third-order valence-corrected chi connectivity index (χ3v) is 13.5. The van der Waals surface area contributed by atoms with Gasteiger partial charge in [-0.25, -0.2) is 0 Å². The zero-order valence-electron chi connectivity index (χ0n) is 27.3. The van der Waals surface area contributed by atoms with Crippen LogP contribution in [0.15, 0.2) is 11.1 Å². The first kappa shape index (κ1) is 31.3. The van der Waals surface area contributed by atoms with E-state index in [1.54, 1.807) is 0 Å². The second kappa shape index (κ2) is 10.2. The molecule has 0 aliphatic heterocycles. The van der Waals surface area contributed by atoms with Gasteiger partial charge in [-0.15, -0.1) is 0 Å². The molecule has 5 rings (SSSR count). The molecule has 7 nitrogen and oxygen atoms in total. The quantitative estimate of drug-likeness (QED) is 0.254. The predicted molar refractivity (Wildman–Crippen MR) is 158 cm³/mol. The molecule has 0 radical (unpaired) electrons. The molecule has 0 saturated heterocycles.